The summed E-state index contributed by atoms with van der Waals surface area (Å²) in [5, 5.41) is 4.16. The molecule has 0 atom stereocenters. The molecule has 0 N–H and O–H groups in total. The summed E-state index contributed by atoms with van der Waals surface area (Å²) >= 11 is 1.85. The zero-order chi connectivity index (χ0) is 40.8. The van der Waals surface area contributed by atoms with Crippen molar-refractivity contribution in [3.63, 3.8) is 0 Å². The Morgan fingerprint density at radius 3 is 1.98 bits per heavy atom. The molecule has 1 radical (unpaired) electrons. The van der Waals surface area contributed by atoms with Gasteiger partial charge >= 0.3 is 0 Å². The van der Waals surface area contributed by atoms with Gasteiger partial charge in [-0.2, -0.15) is 31.0 Å². The van der Waals surface area contributed by atoms with Crippen LogP contribution in [-0.4, -0.2) is 8.07 Å². The number of hydrogen-bond donors (Lipinski definition) is 0. The fraction of sp³-hybridized carbons (Fsp3) is 0.283. The van der Waals surface area contributed by atoms with Crippen LogP contribution < -0.4 is 14.3 Å². The Balaban J connectivity index is 0.000000198. The van der Waals surface area contributed by atoms with Gasteiger partial charge in [0, 0.05) is 38.9 Å². The maximum Gasteiger partial charge on any atom is 0.0709 e. The first-order valence-electron chi connectivity index (χ1n) is 20.7. The van der Waals surface area contributed by atoms with Gasteiger partial charge in [-0.15, -0.1) is 46.2 Å². The molecule has 3 heterocycles. The van der Waals surface area contributed by atoms with Gasteiger partial charge in [0.15, 0.2) is 0 Å². The van der Waals surface area contributed by atoms with Gasteiger partial charge < -0.3 is 9.13 Å². The number of rotatable bonds is 7. The van der Waals surface area contributed by atoms with Crippen LogP contribution >= 0.6 is 11.3 Å². The maximum atomic E-state index is 4.39. The Labute approximate surface area is 367 Å². The first kappa shape index (κ1) is 43.3. The fourth-order valence-electron chi connectivity index (χ4n) is 8.98. The number of thiophene rings is 1. The van der Waals surface area contributed by atoms with E-state index in [9.17, 15) is 0 Å². The molecule has 5 heteroatoms. The average molecular weight is 977 g/mol. The number of fused-ring (bicyclic) bond motifs is 3. The second-order valence-electron chi connectivity index (χ2n) is 17.8. The number of pyridine rings is 2. The molecule has 0 aliphatic heterocycles. The van der Waals surface area contributed by atoms with E-state index in [-0.39, 0.29) is 20.1 Å². The molecule has 4 aromatic carbocycles. The summed E-state index contributed by atoms with van der Waals surface area (Å²) in [5.41, 5.74) is 16.2. The van der Waals surface area contributed by atoms with Crippen LogP contribution in [0.3, 0.4) is 0 Å². The average Bonchev–Trinajstić information content (AvgIpc) is 3.79. The van der Waals surface area contributed by atoms with E-state index >= 15 is 0 Å². The zero-order valence-electron chi connectivity index (χ0n) is 35.9. The largest absolute Gasteiger partial charge is 0.343 e. The normalized spacial score (nSPS) is 13.2. The smallest absolute Gasteiger partial charge is 0.0709 e. The second-order valence-corrected chi connectivity index (χ2v) is 24.0. The van der Waals surface area contributed by atoms with Crippen LogP contribution in [-0.2, 0) is 26.5 Å². The van der Waals surface area contributed by atoms with Crippen molar-refractivity contribution in [3.8, 4) is 33.6 Å². The van der Waals surface area contributed by atoms with Crippen molar-refractivity contribution < 1.29 is 29.2 Å². The van der Waals surface area contributed by atoms with Crippen molar-refractivity contribution in [2.75, 3.05) is 0 Å². The Bertz CT molecular complexity index is 2560. The minimum absolute atomic E-state index is 0. The predicted molar refractivity (Wildman–Crippen MR) is 250 cm³/mol. The summed E-state index contributed by atoms with van der Waals surface area (Å²) in [7, 11) is 7.15. The van der Waals surface area contributed by atoms with Crippen molar-refractivity contribution in [1.29, 1.82) is 0 Å². The van der Waals surface area contributed by atoms with E-state index in [0.717, 1.165) is 28.3 Å². The van der Waals surface area contributed by atoms with E-state index < -0.39 is 8.07 Å². The molecular formula is C53H60IrN2SSi-2. The minimum atomic E-state index is -1.41. The van der Waals surface area contributed by atoms with Crippen LogP contribution in [0.2, 0.25) is 19.6 Å². The van der Waals surface area contributed by atoms with E-state index in [1.807, 2.05) is 15.9 Å². The first-order valence-corrected chi connectivity index (χ1v) is 25.0. The van der Waals surface area contributed by atoms with E-state index in [4.69, 9.17) is 0 Å². The molecule has 0 saturated heterocycles. The van der Waals surface area contributed by atoms with Crippen molar-refractivity contribution in [1.82, 2.24) is 0 Å². The summed E-state index contributed by atoms with van der Waals surface area (Å²) in [5.74, 6) is 1.33. The van der Waals surface area contributed by atoms with Crippen molar-refractivity contribution in [2.24, 2.45) is 5.92 Å². The number of benzene rings is 4. The zero-order valence-corrected chi connectivity index (χ0v) is 40.1. The Morgan fingerprint density at radius 2 is 1.34 bits per heavy atom. The summed E-state index contributed by atoms with van der Waals surface area (Å²) in [4.78, 5) is 0. The summed E-state index contributed by atoms with van der Waals surface area (Å²) in [6.07, 6.45) is 11.2. The van der Waals surface area contributed by atoms with E-state index in [1.54, 1.807) is 10.8 Å². The number of aryl methyl sites for hydroxylation is 3. The van der Waals surface area contributed by atoms with Crippen molar-refractivity contribution >= 4 is 44.8 Å². The molecule has 0 bridgehead atoms. The van der Waals surface area contributed by atoms with Gasteiger partial charge in [0.25, 0.3) is 0 Å². The molecule has 1 saturated carbocycles. The van der Waals surface area contributed by atoms with Crippen molar-refractivity contribution in [2.45, 2.75) is 92.3 Å². The maximum absolute atomic E-state index is 4.39. The molecule has 303 valence electrons. The molecule has 0 spiro atoms. The van der Waals surface area contributed by atoms with Crippen LogP contribution in [0.25, 0.3) is 53.8 Å². The number of aromatic nitrogens is 2. The van der Waals surface area contributed by atoms with E-state index in [2.05, 4.69) is 184 Å². The third-order valence-corrected chi connectivity index (χ3v) is 15.3. The third kappa shape index (κ3) is 8.84. The Hall–Kier alpha value is -4.25. The van der Waals surface area contributed by atoms with Gasteiger partial charge in [-0.1, -0.05) is 132 Å². The third-order valence-electron chi connectivity index (χ3n) is 12.1. The van der Waals surface area contributed by atoms with Gasteiger partial charge in [0.05, 0.1) is 31.9 Å². The summed E-state index contributed by atoms with van der Waals surface area (Å²) in [6.45, 7) is 27.0. The molecule has 2 nitrogen and oxygen atoms in total. The standard InChI is InChI=1S/C30H28NS.C23H32NSi.Ir/c1-18(2)22-12-13-31(6)27(15-22)25-17-26-24-11-10-23(30-19(3)8-7-9-20(30)4)16-29(24)32-28(26)14-21(25)5;1-17-10-9-11-18(2)23(17)21-15-20(14-19-12-7-8-13-19)22(16-24(21)3)25(4,5)6;/h7-18H,5-6H2,1-4H3;9-11,15-16,19H,1,3,7-8,12-14H2,2,4-6H3;/q2*-1;. The van der Waals surface area contributed by atoms with Crippen LogP contribution in [0.1, 0.15) is 84.4 Å². The molecule has 1 aliphatic rings. The number of hydrogen-bond acceptors (Lipinski definition) is 1. The summed E-state index contributed by atoms with van der Waals surface area (Å²) in [6, 6.07) is 31.1. The molecule has 8 rings (SSSR count). The van der Waals surface area contributed by atoms with Crippen LogP contribution in [0.4, 0.5) is 0 Å². The first-order chi connectivity index (χ1) is 27.1. The van der Waals surface area contributed by atoms with E-state index in [0.29, 0.717) is 5.92 Å². The Kier molecular flexibility index (Phi) is 13.1. The van der Waals surface area contributed by atoms with Crippen LogP contribution in [0.5, 0.6) is 0 Å². The molecule has 58 heavy (non-hydrogen) atoms. The van der Waals surface area contributed by atoms with Crippen LogP contribution in [0, 0.1) is 54.6 Å². The SMILES string of the molecule is [CH2-]c1cc2sc3cc(-c4c(C)cccc4C)ccc3c2cc1-c1cc(C(C)C)cc[n+]1[CH2-].[CH2-]c1cccc(C)c1-c1cc(CC2CCCC2)c([Si](C)(C)C)c[n+]1[CH2-].[Ir]. The fourth-order valence-corrected chi connectivity index (χ4v) is 11.9. The van der Waals surface area contributed by atoms with Crippen LogP contribution in [0.15, 0.2) is 97.3 Å². The monoisotopic (exact) mass is 977 g/mol. The molecule has 0 amide bonds. The molecule has 1 fully saturated rings. The molecule has 7 aromatic rings. The van der Waals surface area contributed by atoms with Gasteiger partial charge in [0.1, 0.15) is 0 Å². The van der Waals surface area contributed by atoms with Gasteiger partial charge in [-0.05, 0) is 81.1 Å². The molecule has 0 unspecified atom stereocenters. The predicted octanol–water partition coefficient (Wildman–Crippen LogP) is 13.3. The molecular weight excluding hydrogens is 917 g/mol. The topological polar surface area (TPSA) is 7.76 Å². The minimum Gasteiger partial charge on any atom is -0.343 e. The van der Waals surface area contributed by atoms with Gasteiger partial charge in [-0.25, -0.2) is 0 Å². The van der Waals surface area contributed by atoms with E-state index in [1.165, 1.54) is 96.9 Å². The van der Waals surface area contributed by atoms with Gasteiger partial charge in [0.2, 0.25) is 0 Å². The Morgan fingerprint density at radius 1 is 0.707 bits per heavy atom. The second kappa shape index (κ2) is 17.5. The molecule has 1 aliphatic carbocycles. The molecule has 3 aromatic heterocycles. The quantitative estimate of drug-likeness (QED) is 0.0854. The summed E-state index contributed by atoms with van der Waals surface area (Å²) < 4.78 is 6.64. The van der Waals surface area contributed by atoms with Gasteiger partial charge in [-0.3, -0.25) is 0 Å². The number of nitrogens with zero attached hydrogens (tertiary/aromatic N) is 2. The van der Waals surface area contributed by atoms with Crippen molar-refractivity contribution in [3.05, 3.63) is 164 Å².